The van der Waals surface area contributed by atoms with E-state index in [1.807, 2.05) is 31.9 Å². The molecule has 4 heterocycles. The van der Waals surface area contributed by atoms with E-state index < -0.39 is 0 Å². The fourth-order valence-corrected chi connectivity index (χ4v) is 4.05. The van der Waals surface area contributed by atoms with Crippen molar-refractivity contribution in [3.63, 3.8) is 0 Å². The van der Waals surface area contributed by atoms with E-state index in [1.165, 1.54) is 0 Å². The molecule has 1 saturated heterocycles. The summed E-state index contributed by atoms with van der Waals surface area (Å²) in [6.45, 7) is 5.35. The summed E-state index contributed by atoms with van der Waals surface area (Å²) in [6, 6.07) is 2.04. The minimum absolute atomic E-state index is 0.0222. The van der Waals surface area contributed by atoms with Gasteiger partial charge in [-0.1, -0.05) is 5.16 Å². The van der Waals surface area contributed by atoms with Crippen LogP contribution in [0.5, 0.6) is 0 Å². The SMILES string of the molecule is Cc1noc(C)c1-c1cc(C[C@@H]2CCCN(C(=O)c3cn(C)cn3)CC2)ncn1. The van der Waals surface area contributed by atoms with Crippen molar-refractivity contribution in [2.75, 3.05) is 13.1 Å². The molecule has 0 aromatic carbocycles. The first-order chi connectivity index (χ1) is 14.0. The van der Waals surface area contributed by atoms with E-state index in [0.29, 0.717) is 11.6 Å². The van der Waals surface area contributed by atoms with Crippen molar-refractivity contribution < 1.29 is 9.32 Å². The van der Waals surface area contributed by atoms with Gasteiger partial charge in [-0.15, -0.1) is 0 Å². The van der Waals surface area contributed by atoms with E-state index in [2.05, 4.69) is 20.1 Å². The molecule has 3 aromatic heterocycles. The molecule has 8 nitrogen and oxygen atoms in total. The zero-order chi connectivity index (χ0) is 20.4. The van der Waals surface area contributed by atoms with Crippen molar-refractivity contribution >= 4 is 5.91 Å². The number of likely N-dealkylation sites (tertiary alicyclic amines) is 1. The van der Waals surface area contributed by atoms with Crippen LogP contribution in [0, 0.1) is 19.8 Å². The van der Waals surface area contributed by atoms with Gasteiger partial charge < -0.3 is 14.0 Å². The minimum atomic E-state index is 0.0222. The van der Waals surface area contributed by atoms with E-state index in [4.69, 9.17) is 4.52 Å². The van der Waals surface area contributed by atoms with Crippen LogP contribution in [0.2, 0.25) is 0 Å². The third-order valence-corrected chi connectivity index (χ3v) is 5.57. The van der Waals surface area contributed by atoms with E-state index in [9.17, 15) is 4.79 Å². The molecule has 0 spiro atoms. The lowest BCUT2D eigenvalue weighted by Gasteiger charge is -2.19. The number of rotatable bonds is 4. The number of hydrogen-bond acceptors (Lipinski definition) is 6. The highest BCUT2D eigenvalue weighted by molar-refractivity contribution is 5.92. The summed E-state index contributed by atoms with van der Waals surface area (Å²) in [5.74, 6) is 1.28. The maximum atomic E-state index is 12.7. The highest BCUT2D eigenvalue weighted by Gasteiger charge is 2.23. The van der Waals surface area contributed by atoms with Crippen molar-refractivity contribution in [3.8, 4) is 11.3 Å². The Morgan fingerprint density at radius 2 is 2.07 bits per heavy atom. The van der Waals surface area contributed by atoms with Crippen LogP contribution < -0.4 is 0 Å². The van der Waals surface area contributed by atoms with Crippen molar-refractivity contribution in [1.29, 1.82) is 0 Å². The van der Waals surface area contributed by atoms with Gasteiger partial charge in [0.25, 0.3) is 5.91 Å². The van der Waals surface area contributed by atoms with Crippen LogP contribution >= 0.6 is 0 Å². The van der Waals surface area contributed by atoms with Crippen LogP contribution in [0.1, 0.15) is 46.9 Å². The molecule has 1 fully saturated rings. The third-order valence-electron chi connectivity index (χ3n) is 5.57. The van der Waals surface area contributed by atoms with Gasteiger partial charge >= 0.3 is 0 Å². The van der Waals surface area contributed by atoms with Crippen molar-refractivity contribution in [1.82, 2.24) is 29.6 Å². The van der Waals surface area contributed by atoms with Crippen LogP contribution in [-0.2, 0) is 13.5 Å². The van der Waals surface area contributed by atoms with Crippen LogP contribution in [-0.4, -0.2) is 48.6 Å². The van der Waals surface area contributed by atoms with Gasteiger partial charge in [-0.05, 0) is 51.5 Å². The van der Waals surface area contributed by atoms with Crippen LogP contribution in [0.25, 0.3) is 11.3 Å². The lowest BCUT2D eigenvalue weighted by Crippen LogP contribution is -2.32. The molecule has 29 heavy (non-hydrogen) atoms. The number of carbonyl (C=O) groups excluding carboxylic acids is 1. The van der Waals surface area contributed by atoms with Gasteiger partial charge in [-0.2, -0.15) is 0 Å². The topological polar surface area (TPSA) is 89.9 Å². The molecule has 3 aromatic rings. The molecule has 152 valence electrons. The number of hydrogen-bond donors (Lipinski definition) is 0. The molecule has 0 unspecified atom stereocenters. The Morgan fingerprint density at radius 3 is 2.79 bits per heavy atom. The number of imidazole rings is 1. The molecule has 0 saturated carbocycles. The maximum Gasteiger partial charge on any atom is 0.274 e. The maximum absolute atomic E-state index is 12.7. The Bertz CT molecular complexity index is 989. The Kier molecular flexibility index (Phi) is 5.42. The van der Waals surface area contributed by atoms with Crippen LogP contribution in [0.4, 0.5) is 0 Å². The number of carbonyl (C=O) groups is 1. The highest BCUT2D eigenvalue weighted by atomic mass is 16.5. The Hall–Kier alpha value is -3.03. The minimum Gasteiger partial charge on any atom is -0.361 e. The summed E-state index contributed by atoms with van der Waals surface area (Å²) >= 11 is 0. The fourth-order valence-electron chi connectivity index (χ4n) is 4.05. The first kappa shape index (κ1) is 19.3. The molecular formula is C21H26N6O2. The van der Waals surface area contributed by atoms with Gasteiger partial charge in [0.1, 0.15) is 17.8 Å². The zero-order valence-electron chi connectivity index (χ0n) is 17.1. The standard InChI is InChI=1S/C21H26N6O2/c1-14-20(15(2)29-25-14)18-10-17(22-12-23-18)9-16-5-4-7-27(8-6-16)21(28)19-11-26(3)13-24-19/h10-13,16H,4-9H2,1-3H3/t16-/m1/s1. The molecule has 0 radical (unpaired) electrons. The van der Waals surface area contributed by atoms with E-state index in [0.717, 1.165) is 67.2 Å². The highest BCUT2D eigenvalue weighted by Crippen LogP contribution is 2.27. The molecule has 1 aliphatic heterocycles. The van der Waals surface area contributed by atoms with Crippen LogP contribution in [0.15, 0.2) is 29.4 Å². The zero-order valence-corrected chi connectivity index (χ0v) is 17.1. The van der Waals surface area contributed by atoms with Crippen LogP contribution in [0.3, 0.4) is 0 Å². The molecule has 1 aliphatic rings. The van der Waals surface area contributed by atoms with E-state index in [1.54, 1.807) is 23.4 Å². The summed E-state index contributed by atoms with van der Waals surface area (Å²) in [5, 5.41) is 4.02. The second-order valence-electron chi connectivity index (χ2n) is 7.81. The first-order valence-corrected chi connectivity index (χ1v) is 10.0. The molecule has 1 atom stereocenters. The number of aryl methyl sites for hydroxylation is 3. The van der Waals surface area contributed by atoms with Gasteiger partial charge in [-0.3, -0.25) is 4.79 Å². The van der Waals surface area contributed by atoms with Crippen molar-refractivity contribution in [2.24, 2.45) is 13.0 Å². The molecule has 0 aliphatic carbocycles. The first-order valence-electron chi connectivity index (χ1n) is 10.0. The molecule has 0 N–H and O–H groups in total. The van der Waals surface area contributed by atoms with Gasteiger partial charge in [0, 0.05) is 32.0 Å². The third kappa shape index (κ3) is 4.21. The predicted molar refractivity (Wildman–Crippen MR) is 107 cm³/mol. The Labute approximate surface area is 170 Å². The summed E-state index contributed by atoms with van der Waals surface area (Å²) in [4.78, 5) is 27.7. The summed E-state index contributed by atoms with van der Waals surface area (Å²) in [6.07, 6.45) is 8.97. The van der Waals surface area contributed by atoms with Crippen molar-refractivity contribution in [3.05, 3.63) is 47.8 Å². The summed E-state index contributed by atoms with van der Waals surface area (Å²) in [5.41, 5.74) is 4.18. The van der Waals surface area contributed by atoms with Gasteiger partial charge in [0.15, 0.2) is 0 Å². The fraction of sp³-hybridized carbons (Fsp3) is 0.476. The average Bonchev–Trinajstić information content (AvgIpc) is 3.20. The summed E-state index contributed by atoms with van der Waals surface area (Å²) < 4.78 is 7.08. The second kappa shape index (κ2) is 8.14. The Morgan fingerprint density at radius 1 is 1.21 bits per heavy atom. The number of amides is 1. The smallest absolute Gasteiger partial charge is 0.274 e. The number of nitrogens with zero attached hydrogens (tertiary/aromatic N) is 6. The largest absolute Gasteiger partial charge is 0.361 e. The second-order valence-corrected chi connectivity index (χ2v) is 7.81. The van der Waals surface area contributed by atoms with E-state index >= 15 is 0 Å². The van der Waals surface area contributed by atoms with Gasteiger partial charge in [-0.25, -0.2) is 15.0 Å². The normalized spacial score (nSPS) is 17.3. The molecule has 4 rings (SSSR count). The summed E-state index contributed by atoms with van der Waals surface area (Å²) in [7, 11) is 1.88. The molecular weight excluding hydrogens is 368 g/mol. The van der Waals surface area contributed by atoms with Crippen molar-refractivity contribution in [2.45, 2.75) is 39.5 Å². The monoisotopic (exact) mass is 394 g/mol. The molecule has 0 bridgehead atoms. The quantitative estimate of drug-likeness (QED) is 0.676. The predicted octanol–water partition coefficient (Wildman–Crippen LogP) is 2.97. The van der Waals surface area contributed by atoms with Gasteiger partial charge in [0.2, 0.25) is 0 Å². The lowest BCUT2D eigenvalue weighted by atomic mass is 9.94. The molecule has 8 heteroatoms. The number of aromatic nitrogens is 5. The average molecular weight is 394 g/mol. The Balaban J connectivity index is 1.42. The lowest BCUT2D eigenvalue weighted by molar-refractivity contribution is 0.0754. The van der Waals surface area contributed by atoms with Gasteiger partial charge in [0.05, 0.1) is 23.3 Å². The molecule has 1 amide bonds. The van der Waals surface area contributed by atoms with E-state index in [-0.39, 0.29) is 5.91 Å².